The van der Waals surface area contributed by atoms with Gasteiger partial charge in [-0.2, -0.15) is 0 Å². The maximum Gasteiger partial charge on any atom is 0.338 e. The van der Waals surface area contributed by atoms with Crippen molar-refractivity contribution in [1.82, 2.24) is 0 Å². The molecular weight excluding hydrogens is 296 g/mol. The summed E-state index contributed by atoms with van der Waals surface area (Å²) in [5.41, 5.74) is 0.511. The lowest BCUT2D eigenvalue weighted by Crippen LogP contribution is -2.02. The molecule has 0 saturated heterocycles. The SMILES string of the molecule is COC(=O)c1cc2cc3c(cc2c2cc(OC)ccc12)OCO3. The second kappa shape index (κ2) is 5.05. The molecule has 0 unspecified atom stereocenters. The standard InChI is InChI=1S/C18H14O5/c1-20-11-3-4-12-14(7-11)13-8-17-16(22-9-23-17)6-10(13)5-15(12)18(19)21-2/h3-8H,9H2,1-2H3. The van der Waals surface area contributed by atoms with E-state index in [1.165, 1.54) is 7.11 Å². The summed E-state index contributed by atoms with van der Waals surface area (Å²) in [4.78, 5) is 12.1. The Morgan fingerprint density at radius 3 is 2.48 bits per heavy atom. The fourth-order valence-corrected chi connectivity index (χ4v) is 2.93. The van der Waals surface area contributed by atoms with Crippen molar-refractivity contribution in [3.05, 3.63) is 42.0 Å². The van der Waals surface area contributed by atoms with Gasteiger partial charge in [0.2, 0.25) is 6.79 Å². The molecule has 5 heteroatoms. The van der Waals surface area contributed by atoms with Gasteiger partial charge in [-0.3, -0.25) is 0 Å². The van der Waals surface area contributed by atoms with E-state index >= 15 is 0 Å². The van der Waals surface area contributed by atoms with Crippen LogP contribution in [-0.2, 0) is 4.74 Å². The van der Waals surface area contributed by atoms with Gasteiger partial charge in [-0.05, 0) is 57.9 Å². The molecule has 0 radical (unpaired) electrons. The van der Waals surface area contributed by atoms with E-state index in [-0.39, 0.29) is 12.8 Å². The first-order chi connectivity index (χ1) is 11.2. The molecule has 0 atom stereocenters. The Morgan fingerprint density at radius 1 is 0.957 bits per heavy atom. The number of fused-ring (bicyclic) bond motifs is 4. The summed E-state index contributed by atoms with van der Waals surface area (Å²) < 4.78 is 21.1. The molecule has 3 aromatic rings. The van der Waals surface area contributed by atoms with E-state index in [2.05, 4.69) is 0 Å². The highest BCUT2D eigenvalue weighted by Crippen LogP contribution is 2.40. The summed E-state index contributed by atoms with van der Waals surface area (Å²) in [6.45, 7) is 0.205. The molecule has 0 aliphatic carbocycles. The van der Waals surface area contributed by atoms with Crippen molar-refractivity contribution in [3.63, 3.8) is 0 Å². The van der Waals surface area contributed by atoms with Crippen molar-refractivity contribution in [1.29, 1.82) is 0 Å². The molecule has 1 aliphatic rings. The van der Waals surface area contributed by atoms with Crippen LogP contribution in [0.15, 0.2) is 36.4 Å². The second-order valence-electron chi connectivity index (χ2n) is 5.25. The van der Waals surface area contributed by atoms with Gasteiger partial charge < -0.3 is 18.9 Å². The number of rotatable bonds is 2. The Hall–Kier alpha value is -2.95. The third-order valence-electron chi connectivity index (χ3n) is 4.06. The van der Waals surface area contributed by atoms with E-state index in [0.717, 1.165) is 27.3 Å². The first kappa shape index (κ1) is 13.7. The molecule has 23 heavy (non-hydrogen) atoms. The summed E-state index contributed by atoms with van der Waals surface area (Å²) in [6, 6.07) is 11.2. The minimum Gasteiger partial charge on any atom is -0.497 e. The molecule has 1 aliphatic heterocycles. The van der Waals surface area contributed by atoms with Gasteiger partial charge in [-0.15, -0.1) is 0 Å². The molecule has 0 bridgehead atoms. The Balaban J connectivity index is 2.13. The number of carbonyl (C=O) groups is 1. The topological polar surface area (TPSA) is 54.0 Å². The van der Waals surface area contributed by atoms with Crippen LogP contribution in [0, 0.1) is 0 Å². The van der Waals surface area contributed by atoms with E-state index in [0.29, 0.717) is 17.1 Å². The number of ether oxygens (including phenoxy) is 4. The van der Waals surface area contributed by atoms with E-state index < -0.39 is 0 Å². The average molecular weight is 310 g/mol. The van der Waals surface area contributed by atoms with E-state index in [4.69, 9.17) is 18.9 Å². The predicted molar refractivity (Wildman–Crippen MR) is 85.5 cm³/mol. The van der Waals surface area contributed by atoms with Crippen LogP contribution in [0.1, 0.15) is 10.4 Å². The molecular formula is C18H14O5. The van der Waals surface area contributed by atoms with Crippen LogP contribution in [0.4, 0.5) is 0 Å². The lowest BCUT2D eigenvalue weighted by atomic mass is 9.96. The lowest BCUT2D eigenvalue weighted by molar-refractivity contribution is 0.0603. The van der Waals surface area contributed by atoms with Gasteiger partial charge in [0.15, 0.2) is 11.5 Å². The van der Waals surface area contributed by atoms with E-state index in [1.54, 1.807) is 7.11 Å². The number of esters is 1. The van der Waals surface area contributed by atoms with Crippen LogP contribution < -0.4 is 14.2 Å². The van der Waals surface area contributed by atoms with Crippen molar-refractivity contribution < 1.29 is 23.7 Å². The summed E-state index contributed by atoms with van der Waals surface area (Å²) in [5.74, 6) is 1.72. The number of hydrogen-bond donors (Lipinski definition) is 0. The summed E-state index contributed by atoms with van der Waals surface area (Å²) >= 11 is 0. The largest absolute Gasteiger partial charge is 0.497 e. The fourth-order valence-electron chi connectivity index (χ4n) is 2.93. The highest BCUT2D eigenvalue weighted by atomic mass is 16.7. The molecule has 0 amide bonds. The molecule has 0 fully saturated rings. The molecule has 5 nitrogen and oxygen atoms in total. The van der Waals surface area contributed by atoms with Crippen molar-refractivity contribution >= 4 is 27.5 Å². The molecule has 116 valence electrons. The van der Waals surface area contributed by atoms with Crippen LogP contribution in [0.2, 0.25) is 0 Å². The molecule has 1 heterocycles. The van der Waals surface area contributed by atoms with Gasteiger partial charge in [0, 0.05) is 0 Å². The highest BCUT2D eigenvalue weighted by Gasteiger charge is 2.19. The average Bonchev–Trinajstić information content (AvgIpc) is 3.05. The van der Waals surface area contributed by atoms with Gasteiger partial charge in [-0.1, -0.05) is 0 Å². The van der Waals surface area contributed by atoms with Crippen LogP contribution in [0.25, 0.3) is 21.5 Å². The molecule has 0 saturated carbocycles. The third-order valence-corrected chi connectivity index (χ3v) is 4.06. The zero-order valence-electron chi connectivity index (χ0n) is 12.7. The smallest absolute Gasteiger partial charge is 0.338 e. The molecule has 0 aromatic heterocycles. The Kier molecular flexibility index (Phi) is 3.01. The summed E-state index contributed by atoms with van der Waals surface area (Å²) in [7, 11) is 2.99. The normalized spacial score (nSPS) is 12.6. The van der Waals surface area contributed by atoms with Crippen LogP contribution in [0.3, 0.4) is 0 Å². The van der Waals surface area contributed by atoms with Crippen LogP contribution >= 0.6 is 0 Å². The minimum atomic E-state index is -0.375. The Labute approximate surface area is 132 Å². The van der Waals surface area contributed by atoms with Crippen LogP contribution in [0.5, 0.6) is 17.2 Å². The third kappa shape index (κ3) is 2.04. The molecule has 4 rings (SSSR count). The van der Waals surface area contributed by atoms with Gasteiger partial charge in [-0.25, -0.2) is 4.79 Å². The molecule has 0 spiro atoms. The number of methoxy groups -OCH3 is 2. The van der Waals surface area contributed by atoms with Crippen molar-refractivity contribution in [2.24, 2.45) is 0 Å². The summed E-state index contributed by atoms with van der Waals surface area (Å²) in [5, 5.41) is 3.57. The van der Waals surface area contributed by atoms with E-state index in [9.17, 15) is 4.79 Å². The second-order valence-corrected chi connectivity index (χ2v) is 5.25. The number of carbonyl (C=O) groups excluding carboxylic acids is 1. The van der Waals surface area contributed by atoms with Gasteiger partial charge in [0.05, 0.1) is 19.8 Å². The van der Waals surface area contributed by atoms with E-state index in [1.807, 2.05) is 36.4 Å². The number of hydrogen-bond acceptors (Lipinski definition) is 5. The van der Waals surface area contributed by atoms with Crippen molar-refractivity contribution in [2.45, 2.75) is 0 Å². The maximum absolute atomic E-state index is 12.1. The van der Waals surface area contributed by atoms with Crippen LogP contribution in [-0.4, -0.2) is 27.0 Å². The quantitative estimate of drug-likeness (QED) is 0.535. The maximum atomic E-state index is 12.1. The molecule has 0 N–H and O–H groups in total. The number of benzene rings is 3. The zero-order valence-corrected chi connectivity index (χ0v) is 12.7. The monoisotopic (exact) mass is 310 g/mol. The first-order valence-corrected chi connectivity index (χ1v) is 7.13. The first-order valence-electron chi connectivity index (χ1n) is 7.13. The minimum absolute atomic E-state index is 0.205. The lowest BCUT2D eigenvalue weighted by Gasteiger charge is -2.11. The highest BCUT2D eigenvalue weighted by molar-refractivity contribution is 6.16. The van der Waals surface area contributed by atoms with Crippen molar-refractivity contribution in [2.75, 3.05) is 21.0 Å². The van der Waals surface area contributed by atoms with Gasteiger partial charge in [0.1, 0.15) is 5.75 Å². The zero-order chi connectivity index (χ0) is 16.0. The molecule has 3 aromatic carbocycles. The Bertz CT molecular complexity index is 945. The Morgan fingerprint density at radius 2 is 1.74 bits per heavy atom. The van der Waals surface area contributed by atoms with Gasteiger partial charge in [0.25, 0.3) is 0 Å². The van der Waals surface area contributed by atoms with Crippen molar-refractivity contribution in [3.8, 4) is 17.2 Å². The summed E-state index contributed by atoms with van der Waals surface area (Å²) in [6.07, 6.45) is 0. The van der Waals surface area contributed by atoms with Gasteiger partial charge >= 0.3 is 5.97 Å². The fraction of sp³-hybridized carbons (Fsp3) is 0.167. The predicted octanol–water partition coefficient (Wildman–Crippen LogP) is 3.52.